The lowest BCUT2D eigenvalue weighted by atomic mass is 10.1. The van der Waals surface area contributed by atoms with Crippen molar-refractivity contribution in [1.29, 1.82) is 0 Å². The molecule has 0 aliphatic rings. The van der Waals surface area contributed by atoms with Gasteiger partial charge in [0, 0.05) is 10.6 Å². The van der Waals surface area contributed by atoms with Crippen molar-refractivity contribution < 1.29 is 4.79 Å². The summed E-state index contributed by atoms with van der Waals surface area (Å²) in [6.07, 6.45) is 0. The molecule has 0 saturated heterocycles. The lowest BCUT2D eigenvalue weighted by molar-refractivity contribution is 0.0985. The summed E-state index contributed by atoms with van der Waals surface area (Å²) in [5.74, 6) is -0.0674. The monoisotopic (exact) mass is 392 g/mol. The van der Waals surface area contributed by atoms with E-state index in [4.69, 9.17) is 16.6 Å². The van der Waals surface area contributed by atoms with Crippen molar-refractivity contribution in [2.45, 2.75) is 13.5 Å². The smallest absolute Gasteiger partial charge is 0.260 e. The Balaban J connectivity index is 1.80. The molecule has 0 fully saturated rings. The largest absolute Gasteiger partial charge is 0.279 e. The number of hydrogen-bond donors (Lipinski definition) is 0. The Kier molecular flexibility index (Phi) is 4.92. The van der Waals surface area contributed by atoms with Crippen LogP contribution < -0.4 is 4.90 Å². The number of amides is 1. The van der Waals surface area contributed by atoms with Gasteiger partial charge < -0.3 is 0 Å². The Morgan fingerprint density at radius 2 is 1.70 bits per heavy atom. The van der Waals surface area contributed by atoms with E-state index in [0.29, 0.717) is 22.3 Å². The molecule has 0 N–H and O–H groups in total. The van der Waals surface area contributed by atoms with Crippen molar-refractivity contribution in [2.75, 3.05) is 4.90 Å². The van der Waals surface area contributed by atoms with Gasteiger partial charge in [0.25, 0.3) is 5.91 Å². The second kappa shape index (κ2) is 7.51. The summed E-state index contributed by atoms with van der Waals surface area (Å²) < 4.78 is 0.980. The first-order chi connectivity index (χ1) is 13.1. The van der Waals surface area contributed by atoms with Crippen LogP contribution in [0.4, 0.5) is 5.13 Å². The molecule has 27 heavy (non-hydrogen) atoms. The fraction of sp³-hybridized carbons (Fsp3) is 0.0909. The van der Waals surface area contributed by atoms with E-state index in [9.17, 15) is 4.79 Å². The number of carbonyl (C=O) groups excluding carboxylic acids is 1. The van der Waals surface area contributed by atoms with Gasteiger partial charge in [0.05, 0.1) is 16.8 Å². The summed E-state index contributed by atoms with van der Waals surface area (Å²) in [6, 6.07) is 23.1. The van der Waals surface area contributed by atoms with Gasteiger partial charge in [0.2, 0.25) is 0 Å². The maximum absolute atomic E-state index is 13.2. The minimum atomic E-state index is -0.0674. The number of fused-ring (bicyclic) bond motifs is 1. The zero-order chi connectivity index (χ0) is 18.8. The van der Waals surface area contributed by atoms with Crippen LogP contribution in [0.2, 0.25) is 5.02 Å². The molecule has 3 aromatic carbocycles. The van der Waals surface area contributed by atoms with Crippen molar-refractivity contribution in [2.24, 2.45) is 0 Å². The molecule has 1 amide bonds. The second-order valence-corrected chi connectivity index (χ2v) is 7.75. The van der Waals surface area contributed by atoms with Crippen LogP contribution in [-0.4, -0.2) is 10.9 Å². The molecular formula is C22H17ClN2OS. The van der Waals surface area contributed by atoms with Gasteiger partial charge in [-0.05, 0) is 42.3 Å². The van der Waals surface area contributed by atoms with Crippen LogP contribution in [0.3, 0.4) is 0 Å². The molecule has 0 atom stereocenters. The normalized spacial score (nSPS) is 10.9. The molecule has 4 aromatic rings. The van der Waals surface area contributed by atoms with Gasteiger partial charge in [-0.3, -0.25) is 9.69 Å². The molecule has 1 heterocycles. The molecule has 0 aliphatic heterocycles. The van der Waals surface area contributed by atoms with E-state index in [-0.39, 0.29) is 5.91 Å². The first-order valence-corrected chi connectivity index (χ1v) is 9.79. The lowest BCUT2D eigenvalue weighted by Gasteiger charge is -2.20. The van der Waals surface area contributed by atoms with Gasteiger partial charge in [0.1, 0.15) is 0 Å². The van der Waals surface area contributed by atoms with Crippen LogP contribution >= 0.6 is 22.9 Å². The Bertz CT molecular complexity index is 1090. The van der Waals surface area contributed by atoms with Crippen molar-refractivity contribution in [3.05, 3.63) is 94.5 Å². The van der Waals surface area contributed by atoms with E-state index in [0.717, 1.165) is 21.3 Å². The third-order valence-corrected chi connectivity index (χ3v) is 5.56. The van der Waals surface area contributed by atoms with Crippen molar-refractivity contribution in [3.63, 3.8) is 0 Å². The highest BCUT2D eigenvalue weighted by molar-refractivity contribution is 7.22. The summed E-state index contributed by atoms with van der Waals surface area (Å²) in [5, 5.41) is 1.35. The van der Waals surface area contributed by atoms with E-state index in [1.165, 1.54) is 11.3 Å². The lowest BCUT2D eigenvalue weighted by Crippen LogP contribution is -2.30. The molecule has 134 valence electrons. The third-order valence-electron chi connectivity index (χ3n) is 4.32. The van der Waals surface area contributed by atoms with Crippen LogP contribution in [-0.2, 0) is 6.54 Å². The summed E-state index contributed by atoms with van der Waals surface area (Å²) in [7, 11) is 0. The number of anilines is 1. The first-order valence-electron chi connectivity index (χ1n) is 8.59. The molecule has 0 unspecified atom stereocenters. The molecule has 5 heteroatoms. The maximum Gasteiger partial charge on any atom is 0.260 e. The first kappa shape index (κ1) is 17.7. The summed E-state index contributed by atoms with van der Waals surface area (Å²) in [5.41, 5.74) is 3.59. The number of benzene rings is 3. The summed E-state index contributed by atoms with van der Waals surface area (Å²) in [4.78, 5) is 19.7. The van der Waals surface area contributed by atoms with Crippen LogP contribution in [0.1, 0.15) is 21.5 Å². The van der Waals surface area contributed by atoms with Gasteiger partial charge in [-0.25, -0.2) is 4.98 Å². The molecule has 0 radical (unpaired) electrons. The Hall–Kier alpha value is -2.69. The average Bonchev–Trinajstić information content (AvgIpc) is 3.11. The highest BCUT2D eigenvalue weighted by Gasteiger charge is 2.22. The number of thiazole rings is 1. The average molecular weight is 393 g/mol. The van der Waals surface area contributed by atoms with E-state index in [1.54, 1.807) is 4.90 Å². The number of aryl methyl sites for hydroxylation is 1. The zero-order valence-corrected chi connectivity index (χ0v) is 16.3. The number of nitrogens with zero attached hydrogens (tertiary/aromatic N) is 2. The van der Waals surface area contributed by atoms with Gasteiger partial charge >= 0.3 is 0 Å². The maximum atomic E-state index is 13.2. The summed E-state index contributed by atoms with van der Waals surface area (Å²) >= 11 is 7.68. The Labute approximate surface area is 166 Å². The highest BCUT2D eigenvalue weighted by atomic mass is 35.5. The predicted octanol–water partition coefficient (Wildman–Crippen LogP) is 6.11. The van der Waals surface area contributed by atoms with Gasteiger partial charge in [0.15, 0.2) is 5.13 Å². The number of aromatic nitrogens is 1. The topological polar surface area (TPSA) is 33.2 Å². The van der Waals surface area contributed by atoms with Crippen molar-refractivity contribution >= 4 is 44.2 Å². The highest BCUT2D eigenvalue weighted by Crippen LogP contribution is 2.34. The fourth-order valence-corrected chi connectivity index (χ4v) is 4.40. The van der Waals surface area contributed by atoms with E-state index in [2.05, 4.69) is 0 Å². The van der Waals surface area contributed by atoms with E-state index < -0.39 is 0 Å². The molecule has 0 spiro atoms. The third kappa shape index (κ3) is 3.72. The van der Waals surface area contributed by atoms with Gasteiger partial charge in [-0.2, -0.15) is 0 Å². The van der Waals surface area contributed by atoms with Crippen LogP contribution in [0.25, 0.3) is 10.2 Å². The predicted molar refractivity (Wildman–Crippen MR) is 113 cm³/mol. The molecule has 1 aromatic heterocycles. The van der Waals surface area contributed by atoms with Crippen LogP contribution in [0.5, 0.6) is 0 Å². The van der Waals surface area contributed by atoms with Crippen LogP contribution in [0, 0.1) is 6.92 Å². The molecule has 0 saturated carbocycles. The molecule has 3 nitrogen and oxygen atoms in total. The van der Waals surface area contributed by atoms with Gasteiger partial charge in [-0.1, -0.05) is 71.5 Å². The Morgan fingerprint density at radius 1 is 1.04 bits per heavy atom. The minimum absolute atomic E-state index is 0.0674. The summed E-state index contributed by atoms with van der Waals surface area (Å²) in [6.45, 7) is 2.44. The molecule has 4 rings (SSSR count). The number of carbonyl (C=O) groups is 1. The number of rotatable bonds is 4. The van der Waals surface area contributed by atoms with Gasteiger partial charge in [-0.15, -0.1) is 0 Å². The molecule has 0 aliphatic carbocycles. The Morgan fingerprint density at radius 3 is 2.41 bits per heavy atom. The second-order valence-electron chi connectivity index (χ2n) is 6.31. The standard InChI is InChI=1S/C22H17ClN2OS/c1-15-12-18(23)13-19-20(15)24-22(27-19)25(14-16-8-4-2-5-9-16)21(26)17-10-6-3-7-11-17/h2-13H,14H2,1H3. The van der Waals surface area contributed by atoms with Crippen molar-refractivity contribution in [1.82, 2.24) is 4.98 Å². The zero-order valence-electron chi connectivity index (χ0n) is 14.7. The van der Waals surface area contributed by atoms with E-state index in [1.807, 2.05) is 79.7 Å². The van der Waals surface area contributed by atoms with Crippen molar-refractivity contribution in [3.8, 4) is 0 Å². The molecule has 0 bridgehead atoms. The van der Waals surface area contributed by atoms with Crippen LogP contribution in [0.15, 0.2) is 72.8 Å². The molecular weight excluding hydrogens is 376 g/mol. The fourth-order valence-electron chi connectivity index (χ4n) is 2.99. The number of halogens is 1. The quantitative estimate of drug-likeness (QED) is 0.420. The van der Waals surface area contributed by atoms with E-state index >= 15 is 0 Å². The number of hydrogen-bond acceptors (Lipinski definition) is 3. The minimum Gasteiger partial charge on any atom is -0.279 e. The SMILES string of the molecule is Cc1cc(Cl)cc2sc(N(Cc3ccccc3)C(=O)c3ccccc3)nc12.